The number of rotatable bonds is 11. The Morgan fingerprint density at radius 2 is 1.92 bits per heavy atom. The molecular formula is C16H30N5O3+. The van der Waals surface area contributed by atoms with Crippen molar-refractivity contribution in [3.63, 3.8) is 0 Å². The van der Waals surface area contributed by atoms with E-state index in [9.17, 15) is 14.4 Å². The number of amides is 4. The van der Waals surface area contributed by atoms with Crippen LogP contribution in [0.5, 0.6) is 0 Å². The van der Waals surface area contributed by atoms with Crippen molar-refractivity contribution in [1.29, 1.82) is 0 Å². The van der Waals surface area contributed by atoms with E-state index in [4.69, 9.17) is 0 Å². The first-order valence-electron chi connectivity index (χ1n) is 8.63. The van der Waals surface area contributed by atoms with Crippen LogP contribution in [0.2, 0.25) is 0 Å². The average Bonchev–Trinajstić information content (AvgIpc) is 2.54. The molecule has 0 radical (unpaired) electrons. The molecule has 0 unspecified atom stereocenters. The van der Waals surface area contributed by atoms with Crippen LogP contribution in [-0.2, 0) is 9.59 Å². The van der Waals surface area contributed by atoms with Crippen LogP contribution in [0.3, 0.4) is 0 Å². The quantitative estimate of drug-likeness (QED) is 0.220. The second-order valence-electron chi connectivity index (χ2n) is 5.85. The van der Waals surface area contributed by atoms with E-state index in [0.717, 1.165) is 31.0 Å². The van der Waals surface area contributed by atoms with E-state index < -0.39 is 23.8 Å². The van der Waals surface area contributed by atoms with Crippen LogP contribution in [0.1, 0.15) is 33.6 Å². The number of barbiturate groups is 1. The Morgan fingerprint density at radius 1 is 1.25 bits per heavy atom. The van der Waals surface area contributed by atoms with Crippen LogP contribution in [-0.4, -0.2) is 55.5 Å². The molecule has 0 aromatic carbocycles. The van der Waals surface area contributed by atoms with Gasteiger partial charge in [0.1, 0.15) is 0 Å². The molecule has 0 aliphatic carbocycles. The second kappa shape index (κ2) is 10.0. The molecule has 4 N–H and O–H groups in total. The number of likely N-dealkylation sites (N-methyl/N-ethyl adjacent to an activating group) is 1. The summed E-state index contributed by atoms with van der Waals surface area (Å²) in [5, 5.41) is 2.22. The third-order valence-electron chi connectivity index (χ3n) is 4.19. The minimum absolute atomic E-state index is 0.251. The zero-order chi connectivity index (χ0) is 18.1. The Bertz CT molecular complexity index is 476. The van der Waals surface area contributed by atoms with Crippen molar-refractivity contribution in [3.8, 4) is 0 Å². The van der Waals surface area contributed by atoms with Gasteiger partial charge in [-0.1, -0.05) is 19.9 Å². The van der Waals surface area contributed by atoms with Crippen molar-refractivity contribution in [3.05, 3.63) is 12.3 Å². The minimum atomic E-state index is -1.09. The van der Waals surface area contributed by atoms with Gasteiger partial charge in [-0.15, -0.1) is 0 Å². The van der Waals surface area contributed by atoms with E-state index in [2.05, 4.69) is 36.6 Å². The van der Waals surface area contributed by atoms with Crippen LogP contribution in [0.15, 0.2) is 12.3 Å². The van der Waals surface area contributed by atoms with Gasteiger partial charge in [0, 0.05) is 12.2 Å². The lowest BCUT2D eigenvalue weighted by molar-refractivity contribution is -0.895. The zero-order valence-corrected chi connectivity index (χ0v) is 14.9. The number of nitrogens with one attached hydrogen (secondary N) is 4. The van der Waals surface area contributed by atoms with E-state index in [1.54, 1.807) is 0 Å². The van der Waals surface area contributed by atoms with Gasteiger partial charge in [-0.3, -0.25) is 19.8 Å². The maximum atomic E-state index is 12.4. The summed E-state index contributed by atoms with van der Waals surface area (Å²) in [5.74, 6) is -2.25. The van der Waals surface area contributed by atoms with Gasteiger partial charge in [0.05, 0.1) is 26.2 Å². The molecule has 8 nitrogen and oxygen atoms in total. The predicted octanol–water partition coefficient (Wildman–Crippen LogP) is -0.986. The minimum Gasteiger partial charge on any atom is -0.334 e. The average molecular weight is 340 g/mol. The number of quaternary nitrogens is 1. The van der Waals surface area contributed by atoms with Crippen LogP contribution in [0.4, 0.5) is 4.79 Å². The van der Waals surface area contributed by atoms with Gasteiger partial charge in [0.2, 0.25) is 11.8 Å². The molecule has 0 aromatic rings. The number of hydrogen-bond acceptors (Lipinski definition) is 5. The topological polar surface area (TPSA) is 95.0 Å². The van der Waals surface area contributed by atoms with Crippen molar-refractivity contribution in [2.24, 2.45) is 5.92 Å². The fourth-order valence-corrected chi connectivity index (χ4v) is 2.54. The molecule has 0 bridgehead atoms. The number of hydrazine groups is 1. The van der Waals surface area contributed by atoms with Crippen molar-refractivity contribution in [2.75, 3.05) is 32.7 Å². The molecule has 1 heterocycles. The number of urea groups is 1. The highest BCUT2D eigenvalue weighted by molar-refractivity contribution is 6.17. The van der Waals surface area contributed by atoms with Crippen LogP contribution >= 0.6 is 0 Å². The van der Waals surface area contributed by atoms with Crippen molar-refractivity contribution in [1.82, 2.24) is 21.1 Å². The second-order valence-corrected chi connectivity index (χ2v) is 5.85. The zero-order valence-electron chi connectivity index (χ0n) is 14.9. The van der Waals surface area contributed by atoms with E-state index in [1.807, 2.05) is 6.92 Å². The molecule has 1 rings (SSSR count). The lowest BCUT2D eigenvalue weighted by Crippen LogP contribution is -3.12. The number of carbonyl (C=O) groups excluding carboxylic acids is 3. The Morgan fingerprint density at radius 3 is 2.50 bits per heavy atom. The molecule has 24 heavy (non-hydrogen) atoms. The van der Waals surface area contributed by atoms with Crippen LogP contribution in [0, 0.1) is 5.92 Å². The number of carbonyl (C=O) groups is 3. The summed E-state index contributed by atoms with van der Waals surface area (Å²) in [4.78, 5) is 38.8. The third-order valence-corrected chi connectivity index (χ3v) is 4.19. The molecule has 0 saturated carbocycles. The molecule has 4 amide bonds. The molecule has 1 fully saturated rings. The summed E-state index contributed by atoms with van der Waals surface area (Å²) in [7, 11) is 0. The van der Waals surface area contributed by atoms with E-state index >= 15 is 0 Å². The van der Waals surface area contributed by atoms with Gasteiger partial charge < -0.3 is 10.3 Å². The number of nitrogens with zero attached hydrogens (tertiary/aromatic N) is 1. The summed E-state index contributed by atoms with van der Waals surface area (Å²) >= 11 is 0. The van der Waals surface area contributed by atoms with Crippen LogP contribution in [0.25, 0.3) is 0 Å². The first-order chi connectivity index (χ1) is 11.5. The van der Waals surface area contributed by atoms with Crippen molar-refractivity contribution in [2.45, 2.75) is 33.6 Å². The van der Waals surface area contributed by atoms with Crippen LogP contribution < -0.4 is 21.1 Å². The van der Waals surface area contributed by atoms with Gasteiger partial charge in [-0.2, -0.15) is 0 Å². The summed E-state index contributed by atoms with van der Waals surface area (Å²) < 4.78 is 0. The number of unbranched alkanes of at least 4 members (excludes halogenated alkanes) is 1. The molecule has 8 heteroatoms. The molecular weight excluding hydrogens is 310 g/mol. The van der Waals surface area contributed by atoms with Gasteiger partial charge in [0.15, 0.2) is 5.92 Å². The van der Waals surface area contributed by atoms with Gasteiger partial charge in [0.25, 0.3) is 0 Å². The van der Waals surface area contributed by atoms with Crippen molar-refractivity contribution >= 4 is 17.8 Å². The Kier molecular flexibility index (Phi) is 8.42. The lowest BCUT2D eigenvalue weighted by atomic mass is 10.0. The van der Waals surface area contributed by atoms with Gasteiger partial charge in [-0.25, -0.2) is 10.2 Å². The van der Waals surface area contributed by atoms with Crippen molar-refractivity contribution < 1.29 is 19.3 Å². The number of imide groups is 2. The van der Waals surface area contributed by atoms with Gasteiger partial charge >= 0.3 is 6.03 Å². The first-order valence-corrected chi connectivity index (χ1v) is 8.63. The predicted molar refractivity (Wildman–Crippen MR) is 90.8 cm³/mol. The molecule has 1 aliphatic heterocycles. The highest BCUT2D eigenvalue weighted by atomic mass is 16.2. The van der Waals surface area contributed by atoms with E-state index in [1.165, 1.54) is 4.90 Å². The first kappa shape index (κ1) is 20.1. The maximum absolute atomic E-state index is 12.4. The smallest absolute Gasteiger partial charge is 0.330 e. The molecule has 1 atom stereocenters. The lowest BCUT2D eigenvalue weighted by Gasteiger charge is -2.31. The summed E-state index contributed by atoms with van der Waals surface area (Å²) in [5.41, 5.74) is 6.07. The van der Waals surface area contributed by atoms with E-state index in [0.29, 0.717) is 19.5 Å². The summed E-state index contributed by atoms with van der Waals surface area (Å²) in [6.07, 6.45) is 1.55. The standard InChI is InChI=1S/C16H29N5O3/c1-5-8-10-21-15(23)13(14(22)18-16(21)24)12(4)19-17-9-11-20(6-2)7-3/h13,17,19H,4-11H2,1-3H3,(H,18,22,24)/p+1/t13-/m1/s1. The Hall–Kier alpha value is -1.93. The highest BCUT2D eigenvalue weighted by Crippen LogP contribution is 2.16. The van der Waals surface area contributed by atoms with Gasteiger partial charge in [-0.05, 0) is 20.3 Å². The Labute approximate surface area is 143 Å². The molecule has 1 saturated heterocycles. The fraction of sp³-hybridized carbons (Fsp3) is 0.688. The number of hydrogen-bond donors (Lipinski definition) is 4. The molecule has 0 aromatic heterocycles. The largest absolute Gasteiger partial charge is 0.334 e. The highest BCUT2D eigenvalue weighted by Gasteiger charge is 2.41. The molecule has 1 aliphatic rings. The summed E-state index contributed by atoms with van der Waals surface area (Å²) in [6, 6.07) is -0.652. The maximum Gasteiger partial charge on any atom is 0.330 e. The normalized spacial score (nSPS) is 18.1. The molecule has 0 spiro atoms. The van der Waals surface area contributed by atoms with E-state index in [-0.39, 0.29) is 5.70 Å². The summed E-state index contributed by atoms with van der Waals surface area (Å²) in [6.45, 7) is 14.0. The third kappa shape index (κ3) is 5.31. The fourth-order valence-electron chi connectivity index (χ4n) is 2.54. The molecule has 136 valence electrons. The Balaban J connectivity index is 2.56. The SMILES string of the molecule is C=C(NNCC[NH+](CC)CC)[C@@H]1C(=O)NC(=O)N(CCCC)C1=O. The monoisotopic (exact) mass is 340 g/mol.